The summed E-state index contributed by atoms with van der Waals surface area (Å²) < 4.78 is 0. The predicted octanol–water partition coefficient (Wildman–Crippen LogP) is 2.11. The molecule has 1 fully saturated rings. The molecule has 1 aliphatic heterocycles. The molecular formula is C15H23N3O2. The van der Waals surface area contributed by atoms with Crippen molar-refractivity contribution in [3.63, 3.8) is 0 Å². The summed E-state index contributed by atoms with van der Waals surface area (Å²) in [5, 5.41) is 12.3. The maximum Gasteiger partial charge on any atom is 0.335 e. The van der Waals surface area contributed by atoms with Crippen LogP contribution in [0.1, 0.15) is 30.1 Å². The first kappa shape index (κ1) is 14.7. The molecule has 110 valence electrons. The van der Waals surface area contributed by atoms with Gasteiger partial charge in [-0.2, -0.15) is 0 Å². The van der Waals surface area contributed by atoms with Gasteiger partial charge in [0.25, 0.3) is 0 Å². The van der Waals surface area contributed by atoms with E-state index in [1.807, 2.05) is 0 Å². The van der Waals surface area contributed by atoms with Crippen molar-refractivity contribution in [2.75, 3.05) is 37.7 Å². The van der Waals surface area contributed by atoms with E-state index in [2.05, 4.69) is 24.2 Å². The fourth-order valence-electron chi connectivity index (χ4n) is 2.49. The van der Waals surface area contributed by atoms with E-state index in [4.69, 9.17) is 10.8 Å². The zero-order chi connectivity index (χ0) is 14.8. The number of hydrogen-bond acceptors (Lipinski definition) is 4. The summed E-state index contributed by atoms with van der Waals surface area (Å²) in [6.07, 6.45) is 2.27. The van der Waals surface area contributed by atoms with E-state index in [0.29, 0.717) is 11.4 Å². The fraction of sp³-hybridized carbons (Fsp3) is 0.533. The van der Waals surface area contributed by atoms with Gasteiger partial charge in [-0.15, -0.1) is 0 Å². The lowest BCUT2D eigenvalue weighted by atomic mass is 9.80. The SMILES string of the molecule is CN1CCC(C)(CNc2cc(C(=O)O)ccc2N)CC1. The lowest BCUT2D eigenvalue weighted by Gasteiger charge is -2.38. The van der Waals surface area contributed by atoms with Crippen LogP contribution in [0.5, 0.6) is 0 Å². The number of likely N-dealkylation sites (tertiary alicyclic amines) is 1. The summed E-state index contributed by atoms with van der Waals surface area (Å²) in [7, 11) is 2.14. The van der Waals surface area contributed by atoms with Crippen LogP contribution >= 0.6 is 0 Å². The van der Waals surface area contributed by atoms with Crippen LogP contribution in [0.4, 0.5) is 11.4 Å². The second kappa shape index (κ2) is 5.71. The number of carboxylic acids is 1. The van der Waals surface area contributed by atoms with Gasteiger partial charge < -0.3 is 21.1 Å². The van der Waals surface area contributed by atoms with Crippen molar-refractivity contribution < 1.29 is 9.90 Å². The van der Waals surface area contributed by atoms with Gasteiger partial charge >= 0.3 is 5.97 Å². The van der Waals surface area contributed by atoms with Gasteiger partial charge in [-0.25, -0.2) is 4.79 Å². The Morgan fingerprint density at radius 1 is 1.45 bits per heavy atom. The number of rotatable bonds is 4. The van der Waals surface area contributed by atoms with Crippen LogP contribution < -0.4 is 11.1 Å². The van der Waals surface area contributed by atoms with Gasteiger partial charge in [0, 0.05) is 6.54 Å². The third kappa shape index (κ3) is 3.42. The minimum Gasteiger partial charge on any atom is -0.478 e. The van der Waals surface area contributed by atoms with Crippen molar-refractivity contribution >= 4 is 17.3 Å². The first-order valence-electron chi connectivity index (χ1n) is 6.95. The second-order valence-corrected chi connectivity index (χ2v) is 6.07. The Kier molecular flexibility index (Phi) is 4.18. The van der Waals surface area contributed by atoms with Gasteiger partial charge in [-0.1, -0.05) is 6.92 Å². The molecule has 0 radical (unpaired) electrons. The molecule has 5 heteroatoms. The Hall–Kier alpha value is -1.75. The average Bonchev–Trinajstić information content (AvgIpc) is 2.41. The number of nitrogens with two attached hydrogens (primary N) is 1. The average molecular weight is 277 g/mol. The van der Waals surface area contributed by atoms with E-state index in [0.717, 1.165) is 32.5 Å². The number of anilines is 2. The van der Waals surface area contributed by atoms with Crippen molar-refractivity contribution in [1.82, 2.24) is 4.90 Å². The van der Waals surface area contributed by atoms with Crippen molar-refractivity contribution in [3.8, 4) is 0 Å². The van der Waals surface area contributed by atoms with Crippen molar-refractivity contribution in [1.29, 1.82) is 0 Å². The highest BCUT2D eigenvalue weighted by molar-refractivity contribution is 5.90. The molecule has 0 bridgehead atoms. The van der Waals surface area contributed by atoms with Crippen LogP contribution in [0.15, 0.2) is 18.2 Å². The Balaban J connectivity index is 2.03. The third-order valence-corrected chi connectivity index (χ3v) is 4.20. The number of hydrogen-bond donors (Lipinski definition) is 3. The summed E-state index contributed by atoms with van der Waals surface area (Å²) in [6, 6.07) is 4.78. The molecule has 0 aromatic heterocycles. The van der Waals surface area contributed by atoms with Crippen LogP contribution in [0, 0.1) is 5.41 Å². The lowest BCUT2D eigenvalue weighted by Crippen LogP contribution is -2.40. The molecule has 0 unspecified atom stereocenters. The monoisotopic (exact) mass is 277 g/mol. The van der Waals surface area contributed by atoms with Crippen molar-refractivity contribution in [2.24, 2.45) is 5.41 Å². The van der Waals surface area contributed by atoms with Crippen LogP contribution in [0.2, 0.25) is 0 Å². The molecule has 5 nitrogen and oxygen atoms in total. The van der Waals surface area contributed by atoms with E-state index < -0.39 is 5.97 Å². The molecule has 1 heterocycles. The molecule has 1 aliphatic rings. The molecular weight excluding hydrogens is 254 g/mol. The summed E-state index contributed by atoms with van der Waals surface area (Å²) in [5.74, 6) is -0.932. The molecule has 0 spiro atoms. The highest BCUT2D eigenvalue weighted by Gasteiger charge is 2.28. The Labute approximate surface area is 119 Å². The summed E-state index contributed by atoms with van der Waals surface area (Å²) in [6.45, 7) is 5.28. The minimum absolute atomic E-state index is 0.234. The predicted molar refractivity (Wildman–Crippen MR) is 81.1 cm³/mol. The summed E-state index contributed by atoms with van der Waals surface area (Å²) in [5.41, 5.74) is 7.70. The summed E-state index contributed by atoms with van der Waals surface area (Å²) in [4.78, 5) is 13.3. The van der Waals surface area contributed by atoms with E-state index >= 15 is 0 Å². The van der Waals surface area contributed by atoms with Crippen LogP contribution in [-0.2, 0) is 0 Å². The highest BCUT2D eigenvalue weighted by Crippen LogP contribution is 2.31. The van der Waals surface area contributed by atoms with Gasteiger partial charge in [0.2, 0.25) is 0 Å². The number of benzene rings is 1. The molecule has 4 N–H and O–H groups in total. The van der Waals surface area contributed by atoms with Gasteiger partial charge in [0.1, 0.15) is 0 Å². The first-order valence-corrected chi connectivity index (χ1v) is 6.95. The molecule has 20 heavy (non-hydrogen) atoms. The molecule has 0 aliphatic carbocycles. The zero-order valence-corrected chi connectivity index (χ0v) is 12.1. The van der Waals surface area contributed by atoms with Crippen LogP contribution in [0.3, 0.4) is 0 Å². The maximum atomic E-state index is 11.0. The van der Waals surface area contributed by atoms with Gasteiger partial charge in [-0.05, 0) is 56.6 Å². The Morgan fingerprint density at radius 3 is 2.70 bits per heavy atom. The van der Waals surface area contributed by atoms with Gasteiger partial charge in [-0.3, -0.25) is 0 Å². The molecule has 0 saturated carbocycles. The highest BCUT2D eigenvalue weighted by atomic mass is 16.4. The zero-order valence-electron chi connectivity index (χ0n) is 12.1. The first-order chi connectivity index (χ1) is 9.39. The molecule has 1 saturated heterocycles. The largest absolute Gasteiger partial charge is 0.478 e. The van der Waals surface area contributed by atoms with Crippen molar-refractivity contribution in [3.05, 3.63) is 23.8 Å². The summed E-state index contributed by atoms with van der Waals surface area (Å²) >= 11 is 0. The van der Waals surface area contributed by atoms with Crippen LogP contribution in [0.25, 0.3) is 0 Å². The Morgan fingerprint density at radius 2 is 2.10 bits per heavy atom. The van der Waals surface area contributed by atoms with Crippen LogP contribution in [-0.4, -0.2) is 42.7 Å². The minimum atomic E-state index is -0.932. The molecule has 0 amide bonds. The quantitative estimate of drug-likeness (QED) is 0.735. The molecule has 2 rings (SSSR count). The van der Waals surface area contributed by atoms with Gasteiger partial charge in [0.15, 0.2) is 0 Å². The van der Waals surface area contributed by atoms with Gasteiger partial charge in [0.05, 0.1) is 16.9 Å². The van der Waals surface area contributed by atoms with Crippen molar-refractivity contribution in [2.45, 2.75) is 19.8 Å². The Bertz CT molecular complexity index is 494. The number of nitrogens with zero attached hydrogens (tertiary/aromatic N) is 1. The number of piperidine rings is 1. The fourth-order valence-corrected chi connectivity index (χ4v) is 2.49. The number of nitrogens with one attached hydrogen (secondary N) is 1. The number of carboxylic acid groups (broad SMARTS) is 1. The number of carbonyl (C=O) groups is 1. The standard InChI is InChI=1S/C15H23N3O2/c1-15(5-7-18(2)8-6-15)10-17-13-9-11(14(19)20)3-4-12(13)16/h3-4,9,17H,5-8,10,16H2,1-2H3,(H,19,20). The lowest BCUT2D eigenvalue weighted by molar-refractivity contribution is 0.0697. The molecule has 0 atom stereocenters. The number of aromatic carboxylic acids is 1. The number of nitrogen functional groups attached to an aromatic ring is 1. The molecule has 1 aromatic rings. The van der Waals surface area contributed by atoms with E-state index in [1.54, 1.807) is 12.1 Å². The third-order valence-electron chi connectivity index (χ3n) is 4.20. The van der Waals surface area contributed by atoms with E-state index in [1.165, 1.54) is 6.07 Å². The normalized spacial score (nSPS) is 18.7. The molecule has 1 aromatic carbocycles. The smallest absolute Gasteiger partial charge is 0.335 e. The second-order valence-electron chi connectivity index (χ2n) is 6.07. The van der Waals surface area contributed by atoms with E-state index in [9.17, 15) is 4.79 Å². The topological polar surface area (TPSA) is 78.6 Å². The maximum absolute atomic E-state index is 11.0. The van der Waals surface area contributed by atoms with E-state index in [-0.39, 0.29) is 11.0 Å².